The number of para-hydroxylation sites is 1. The summed E-state index contributed by atoms with van der Waals surface area (Å²) in [6.07, 6.45) is 4.51. The third kappa shape index (κ3) is 3.60. The lowest BCUT2D eigenvalue weighted by Gasteiger charge is -2.27. The molecular weight excluding hydrogens is 370 g/mol. The molecule has 1 saturated carbocycles. The smallest absolute Gasteiger partial charge is 0.308 e. The third-order valence-corrected chi connectivity index (χ3v) is 5.59. The second-order valence-electron chi connectivity index (χ2n) is 7.60. The zero-order valence-electron chi connectivity index (χ0n) is 16.5. The van der Waals surface area contributed by atoms with E-state index < -0.39 is 0 Å². The van der Waals surface area contributed by atoms with Gasteiger partial charge in [-0.05, 0) is 56.4 Å². The molecule has 1 amide bonds. The summed E-state index contributed by atoms with van der Waals surface area (Å²) in [7, 11) is 1.40. The number of nitrogens with zero attached hydrogens (tertiary/aromatic N) is 2. The Balaban J connectivity index is 1.64. The standard InChI is InChI=1S/C22H23N3O4/c1-13-11-17(20(26)23-15-9-7-14(8-10-15)22(28)29-2)19-24-18-6-4-3-5-16(18)21(27)25(19)12-13/h3-6,11-12,14-15H,7-10H2,1-2H3,(H,23,26). The van der Waals surface area contributed by atoms with Crippen molar-refractivity contribution in [3.8, 4) is 0 Å². The number of methoxy groups -OCH3 is 1. The van der Waals surface area contributed by atoms with Gasteiger partial charge in [0.15, 0.2) is 5.65 Å². The van der Waals surface area contributed by atoms with Crippen LogP contribution in [0, 0.1) is 12.8 Å². The minimum absolute atomic E-state index is 0.0175. The highest BCUT2D eigenvalue weighted by Crippen LogP contribution is 2.25. The maximum atomic E-state index is 13.0. The second-order valence-corrected chi connectivity index (χ2v) is 7.60. The Bertz CT molecular complexity index is 1160. The first kappa shape index (κ1) is 19.1. The number of aromatic nitrogens is 2. The van der Waals surface area contributed by atoms with Crippen LogP contribution in [0.5, 0.6) is 0 Å². The van der Waals surface area contributed by atoms with Crippen LogP contribution >= 0.6 is 0 Å². The van der Waals surface area contributed by atoms with E-state index in [9.17, 15) is 14.4 Å². The number of pyridine rings is 1. The highest BCUT2D eigenvalue weighted by atomic mass is 16.5. The Morgan fingerprint density at radius 3 is 2.62 bits per heavy atom. The van der Waals surface area contributed by atoms with Crippen molar-refractivity contribution in [3.05, 3.63) is 58.0 Å². The number of carbonyl (C=O) groups excluding carboxylic acids is 2. The van der Waals surface area contributed by atoms with Crippen LogP contribution in [-0.2, 0) is 9.53 Å². The number of hydrogen-bond donors (Lipinski definition) is 1. The number of ether oxygens (including phenoxy) is 1. The molecule has 0 bridgehead atoms. The van der Waals surface area contributed by atoms with E-state index in [4.69, 9.17) is 4.74 Å². The minimum Gasteiger partial charge on any atom is -0.469 e. The summed E-state index contributed by atoms with van der Waals surface area (Å²) < 4.78 is 6.26. The molecule has 0 radical (unpaired) electrons. The van der Waals surface area contributed by atoms with Crippen molar-refractivity contribution >= 4 is 28.4 Å². The first-order valence-electron chi connectivity index (χ1n) is 9.78. The van der Waals surface area contributed by atoms with Crippen molar-refractivity contribution < 1.29 is 14.3 Å². The monoisotopic (exact) mass is 393 g/mol. The normalized spacial score (nSPS) is 19.2. The Morgan fingerprint density at radius 1 is 1.17 bits per heavy atom. The number of fused-ring (bicyclic) bond motifs is 2. The van der Waals surface area contributed by atoms with Gasteiger partial charge in [-0.2, -0.15) is 0 Å². The summed E-state index contributed by atoms with van der Waals surface area (Å²) in [5, 5.41) is 3.57. The molecule has 0 unspecified atom stereocenters. The van der Waals surface area contributed by atoms with Crippen molar-refractivity contribution in [2.75, 3.05) is 7.11 Å². The topological polar surface area (TPSA) is 89.8 Å². The van der Waals surface area contributed by atoms with Gasteiger partial charge in [0.25, 0.3) is 11.5 Å². The van der Waals surface area contributed by atoms with Gasteiger partial charge in [-0.15, -0.1) is 0 Å². The number of aryl methyl sites for hydroxylation is 1. The number of amides is 1. The fourth-order valence-corrected chi connectivity index (χ4v) is 4.06. The zero-order chi connectivity index (χ0) is 20.5. The molecule has 7 heteroatoms. The van der Waals surface area contributed by atoms with Gasteiger partial charge in [-0.3, -0.25) is 18.8 Å². The second kappa shape index (κ2) is 7.66. The SMILES string of the molecule is COC(=O)C1CCC(NC(=O)c2cc(C)cn3c(=O)c4ccccc4nc23)CC1. The summed E-state index contributed by atoms with van der Waals surface area (Å²) in [5.74, 6) is -0.538. The molecule has 2 heterocycles. The highest BCUT2D eigenvalue weighted by molar-refractivity contribution is 6.01. The Morgan fingerprint density at radius 2 is 1.90 bits per heavy atom. The van der Waals surface area contributed by atoms with Crippen LogP contribution in [0.25, 0.3) is 16.6 Å². The summed E-state index contributed by atoms with van der Waals surface area (Å²) in [6.45, 7) is 1.85. The molecule has 2 aromatic heterocycles. The van der Waals surface area contributed by atoms with E-state index in [0.29, 0.717) is 47.8 Å². The average molecular weight is 393 g/mol. The number of esters is 1. The third-order valence-electron chi connectivity index (χ3n) is 5.59. The van der Waals surface area contributed by atoms with Crippen molar-refractivity contribution in [1.82, 2.24) is 14.7 Å². The van der Waals surface area contributed by atoms with Crippen molar-refractivity contribution in [2.24, 2.45) is 5.92 Å². The molecule has 0 aliphatic heterocycles. The van der Waals surface area contributed by atoms with Gasteiger partial charge >= 0.3 is 5.97 Å². The molecule has 4 rings (SSSR count). The van der Waals surface area contributed by atoms with Gasteiger partial charge in [0, 0.05) is 12.2 Å². The average Bonchev–Trinajstić information content (AvgIpc) is 2.74. The van der Waals surface area contributed by atoms with Gasteiger partial charge in [-0.1, -0.05) is 12.1 Å². The largest absolute Gasteiger partial charge is 0.469 e. The summed E-state index contributed by atoms with van der Waals surface area (Å²) in [5.41, 5.74) is 1.90. The van der Waals surface area contributed by atoms with Crippen LogP contribution in [0.4, 0.5) is 0 Å². The van der Waals surface area contributed by atoms with Gasteiger partial charge in [0.05, 0.1) is 29.5 Å². The van der Waals surface area contributed by atoms with E-state index in [1.165, 1.54) is 11.5 Å². The molecular formula is C22H23N3O4. The van der Waals surface area contributed by atoms with Gasteiger partial charge in [-0.25, -0.2) is 4.98 Å². The van der Waals surface area contributed by atoms with E-state index in [-0.39, 0.29) is 29.4 Å². The summed E-state index contributed by atoms with van der Waals surface area (Å²) >= 11 is 0. The fourth-order valence-electron chi connectivity index (χ4n) is 4.06. The van der Waals surface area contributed by atoms with Gasteiger partial charge in [0.2, 0.25) is 0 Å². The fraction of sp³-hybridized carbons (Fsp3) is 0.364. The molecule has 1 N–H and O–H groups in total. The lowest BCUT2D eigenvalue weighted by molar-refractivity contribution is -0.146. The molecule has 0 atom stereocenters. The molecule has 29 heavy (non-hydrogen) atoms. The van der Waals surface area contributed by atoms with Crippen LogP contribution < -0.4 is 10.9 Å². The Hall–Kier alpha value is -3.22. The molecule has 1 aliphatic rings. The molecule has 0 saturated heterocycles. The quantitative estimate of drug-likeness (QED) is 0.546. The summed E-state index contributed by atoms with van der Waals surface area (Å²) in [6, 6.07) is 8.86. The van der Waals surface area contributed by atoms with Crippen LogP contribution in [-0.4, -0.2) is 34.4 Å². The predicted molar refractivity (Wildman–Crippen MR) is 109 cm³/mol. The highest BCUT2D eigenvalue weighted by Gasteiger charge is 2.28. The number of carbonyl (C=O) groups is 2. The summed E-state index contributed by atoms with van der Waals surface area (Å²) in [4.78, 5) is 42.2. The van der Waals surface area contributed by atoms with Crippen molar-refractivity contribution in [3.63, 3.8) is 0 Å². The van der Waals surface area contributed by atoms with Crippen molar-refractivity contribution in [2.45, 2.75) is 38.6 Å². The van der Waals surface area contributed by atoms with E-state index in [1.54, 1.807) is 30.5 Å². The maximum absolute atomic E-state index is 13.0. The number of nitrogens with one attached hydrogen (secondary N) is 1. The molecule has 7 nitrogen and oxygen atoms in total. The predicted octanol–water partition coefficient (Wildman–Crippen LogP) is 2.62. The van der Waals surface area contributed by atoms with Crippen LogP contribution in [0.15, 0.2) is 41.3 Å². The molecule has 1 aliphatic carbocycles. The van der Waals surface area contributed by atoms with Gasteiger partial charge in [0.1, 0.15) is 0 Å². The number of rotatable bonds is 3. The van der Waals surface area contributed by atoms with E-state index in [0.717, 1.165) is 5.56 Å². The first-order valence-corrected chi connectivity index (χ1v) is 9.78. The Kier molecular flexibility index (Phi) is 5.05. The lowest BCUT2D eigenvalue weighted by Crippen LogP contribution is -2.39. The lowest BCUT2D eigenvalue weighted by atomic mass is 9.86. The molecule has 0 spiro atoms. The van der Waals surface area contributed by atoms with Crippen LogP contribution in [0.2, 0.25) is 0 Å². The van der Waals surface area contributed by atoms with Crippen LogP contribution in [0.1, 0.15) is 41.6 Å². The van der Waals surface area contributed by atoms with Crippen LogP contribution in [0.3, 0.4) is 0 Å². The zero-order valence-corrected chi connectivity index (χ0v) is 16.5. The van der Waals surface area contributed by atoms with E-state index in [1.807, 2.05) is 13.0 Å². The Labute approximate surface area is 167 Å². The minimum atomic E-state index is -0.255. The molecule has 3 aromatic rings. The molecule has 150 valence electrons. The number of benzene rings is 1. The first-order chi connectivity index (χ1) is 14.0. The maximum Gasteiger partial charge on any atom is 0.308 e. The van der Waals surface area contributed by atoms with Crippen molar-refractivity contribution in [1.29, 1.82) is 0 Å². The van der Waals surface area contributed by atoms with Gasteiger partial charge < -0.3 is 10.1 Å². The number of hydrogen-bond acceptors (Lipinski definition) is 5. The molecule has 1 aromatic carbocycles. The van der Waals surface area contributed by atoms with E-state index in [2.05, 4.69) is 10.3 Å². The van der Waals surface area contributed by atoms with E-state index >= 15 is 0 Å². The molecule has 1 fully saturated rings.